The average molecular weight is 494 g/mol. The molecule has 0 unspecified atom stereocenters. The number of carboxylic acids is 1. The fourth-order valence-corrected chi connectivity index (χ4v) is 5.18. The molecule has 1 aromatic heterocycles. The number of rotatable bonds is 8. The Kier molecular flexibility index (Phi) is 7.16. The van der Waals surface area contributed by atoms with E-state index in [1.165, 1.54) is 0 Å². The van der Waals surface area contributed by atoms with Crippen LogP contribution < -0.4 is 10.6 Å². The number of carbonyl (C=O) groups excluding carboxylic acids is 2. The highest BCUT2D eigenvalue weighted by atomic mass is 32.1. The lowest BCUT2D eigenvalue weighted by atomic mass is 9.98. The molecule has 3 N–H and O–H groups in total. The molecule has 0 fully saturated rings. The summed E-state index contributed by atoms with van der Waals surface area (Å²) in [6.45, 7) is 5.56. The molecule has 0 spiro atoms. The second-order valence-corrected chi connectivity index (χ2v) is 9.69. The molecular formula is C26H27N3O5S. The largest absolute Gasteiger partial charge is 0.478 e. The van der Waals surface area contributed by atoms with Crippen molar-refractivity contribution in [2.45, 2.75) is 39.2 Å². The van der Waals surface area contributed by atoms with Crippen LogP contribution in [0.1, 0.15) is 53.4 Å². The van der Waals surface area contributed by atoms with Crippen molar-refractivity contribution in [1.82, 2.24) is 9.69 Å². The summed E-state index contributed by atoms with van der Waals surface area (Å²) in [5.74, 6) is -1.68. The Hall–Kier alpha value is -3.72. The second-order valence-electron chi connectivity index (χ2n) is 8.92. The van der Waals surface area contributed by atoms with Gasteiger partial charge in [0.1, 0.15) is 23.2 Å². The maximum atomic E-state index is 13.0. The minimum absolute atomic E-state index is 0.0483. The van der Waals surface area contributed by atoms with Gasteiger partial charge in [-0.3, -0.25) is 4.79 Å². The van der Waals surface area contributed by atoms with Crippen molar-refractivity contribution >= 4 is 34.5 Å². The Bertz CT molecular complexity index is 1220. The molecule has 1 heterocycles. The average Bonchev–Trinajstić information content (AvgIpc) is 3.34. The van der Waals surface area contributed by atoms with Crippen molar-refractivity contribution in [3.63, 3.8) is 0 Å². The van der Waals surface area contributed by atoms with Gasteiger partial charge in [-0.2, -0.15) is 4.37 Å². The number of carboxylic acid groups (broad SMARTS) is 1. The normalized spacial score (nSPS) is 13.1. The molecule has 1 aliphatic rings. The standard InChI is InChI=1S/C26H27N3O5S/c1-14(2)12-21(23(30)28-24-22(25(31)32)15(3)29-35-24)27-26(33)34-13-20-18-10-6-4-8-16(18)17-9-5-7-11-19(17)20/h4-11,14,20-21H,12-13H2,1-3H3,(H,27,33)(H,28,30)(H,31,32)/t21-/m1/s1. The number of hydrogen-bond donors (Lipinski definition) is 3. The van der Waals surface area contributed by atoms with Crippen LogP contribution in [0.2, 0.25) is 0 Å². The van der Waals surface area contributed by atoms with E-state index in [0.717, 1.165) is 33.8 Å². The van der Waals surface area contributed by atoms with Gasteiger partial charge >= 0.3 is 12.1 Å². The first kappa shape index (κ1) is 24.4. The lowest BCUT2D eigenvalue weighted by molar-refractivity contribution is -0.118. The molecule has 2 amide bonds. The molecule has 0 saturated heterocycles. The van der Waals surface area contributed by atoms with E-state index in [1.54, 1.807) is 6.92 Å². The van der Waals surface area contributed by atoms with Crippen molar-refractivity contribution in [3.05, 3.63) is 70.9 Å². The van der Waals surface area contributed by atoms with Crippen LogP contribution in [0, 0.1) is 12.8 Å². The highest BCUT2D eigenvalue weighted by molar-refractivity contribution is 7.11. The van der Waals surface area contributed by atoms with Gasteiger partial charge in [0.2, 0.25) is 5.91 Å². The van der Waals surface area contributed by atoms with Crippen LogP contribution in [0.25, 0.3) is 11.1 Å². The number of benzene rings is 2. The Balaban J connectivity index is 1.44. The number of carbonyl (C=O) groups is 3. The van der Waals surface area contributed by atoms with Crippen molar-refractivity contribution in [2.24, 2.45) is 5.92 Å². The fraction of sp³-hybridized carbons (Fsp3) is 0.308. The van der Waals surface area contributed by atoms with Crippen LogP contribution in [-0.2, 0) is 9.53 Å². The number of aromatic carboxylic acids is 1. The minimum atomic E-state index is -1.17. The van der Waals surface area contributed by atoms with E-state index in [-0.39, 0.29) is 29.0 Å². The molecule has 9 heteroatoms. The van der Waals surface area contributed by atoms with Gasteiger partial charge < -0.3 is 20.5 Å². The number of anilines is 1. The van der Waals surface area contributed by atoms with Crippen LogP contribution in [0.4, 0.5) is 9.80 Å². The van der Waals surface area contributed by atoms with Gasteiger partial charge in [-0.15, -0.1) is 0 Å². The third-order valence-electron chi connectivity index (χ3n) is 5.97. The Labute approximate surface area is 207 Å². The molecule has 4 rings (SSSR count). The molecule has 35 heavy (non-hydrogen) atoms. The van der Waals surface area contributed by atoms with E-state index in [4.69, 9.17) is 4.74 Å². The third kappa shape index (κ3) is 5.19. The number of aryl methyl sites for hydroxylation is 1. The minimum Gasteiger partial charge on any atom is -0.478 e. The smallest absolute Gasteiger partial charge is 0.407 e. The van der Waals surface area contributed by atoms with Gasteiger partial charge in [0.25, 0.3) is 0 Å². The maximum Gasteiger partial charge on any atom is 0.407 e. The number of hydrogen-bond acceptors (Lipinski definition) is 6. The summed E-state index contributed by atoms with van der Waals surface area (Å²) >= 11 is 0.895. The number of alkyl carbamates (subject to hydrolysis) is 1. The first-order chi connectivity index (χ1) is 16.8. The summed E-state index contributed by atoms with van der Waals surface area (Å²) in [6.07, 6.45) is -0.345. The molecule has 8 nitrogen and oxygen atoms in total. The number of aromatic nitrogens is 1. The summed E-state index contributed by atoms with van der Waals surface area (Å²) in [5, 5.41) is 14.8. The highest BCUT2D eigenvalue weighted by Crippen LogP contribution is 2.44. The van der Waals surface area contributed by atoms with Crippen LogP contribution in [0.3, 0.4) is 0 Å². The SMILES string of the molecule is Cc1nsc(NC(=O)[C@@H](CC(C)C)NC(=O)OCC2c3ccccc3-c3ccccc32)c1C(=O)O. The summed E-state index contributed by atoms with van der Waals surface area (Å²) in [5.41, 5.74) is 4.72. The van der Waals surface area contributed by atoms with Gasteiger partial charge in [-0.05, 0) is 53.0 Å². The number of amides is 2. The zero-order valence-electron chi connectivity index (χ0n) is 19.7. The number of ether oxygens (including phenoxy) is 1. The Morgan fingerprint density at radius 1 is 1.06 bits per heavy atom. The molecule has 3 aromatic rings. The van der Waals surface area contributed by atoms with Crippen LogP contribution in [-0.4, -0.2) is 40.1 Å². The lowest BCUT2D eigenvalue weighted by Gasteiger charge is -2.21. The highest BCUT2D eigenvalue weighted by Gasteiger charge is 2.30. The van der Waals surface area contributed by atoms with Crippen molar-refractivity contribution in [3.8, 4) is 11.1 Å². The van der Waals surface area contributed by atoms with Gasteiger partial charge in [0.15, 0.2) is 0 Å². The van der Waals surface area contributed by atoms with Gasteiger partial charge in [-0.1, -0.05) is 62.4 Å². The predicted molar refractivity (Wildman–Crippen MR) is 134 cm³/mol. The fourth-order valence-electron chi connectivity index (χ4n) is 4.39. The Morgan fingerprint density at radius 2 is 1.66 bits per heavy atom. The second kappa shape index (κ2) is 10.3. The number of fused-ring (bicyclic) bond motifs is 3. The maximum absolute atomic E-state index is 13.0. The monoisotopic (exact) mass is 493 g/mol. The van der Waals surface area contributed by atoms with E-state index < -0.39 is 24.0 Å². The van der Waals surface area contributed by atoms with Crippen molar-refractivity contribution < 1.29 is 24.2 Å². The summed E-state index contributed by atoms with van der Waals surface area (Å²) in [6, 6.07) is 15.2. The van der Waals surface area contributed by atoms with Gasteiger partial charge in [-0.25, -0.2) is 9.59 Å². The molecule has 2 aromatic carbocycles. The topological polar surface area (TPSA) is 118 Å². The molecule has 1 atom stereocenters. The van der Waals surface area contributed by atoms with Crippen molar-refractivity contribution in [1.29, 1.82) is 0 Å². The molecule has 0 saturated carbocycles. The van der Waals surface area contributed by atoms with E-state index in [0.29, 0.717) is 12.1 Å². The summed E-state index contributed by atoms with van der Waals surface area (Å²) in [4.78, 5) is 37.2. The first-order valence-electron chi connectivity index (χ1n) is 11.4. The first-order valence-corrected chi connectivity index (χ1v) is 12.2. The molecule has 0 radical (unpaired) electrons. The Morgan fingerprint density at radius 3 is 2.23 bits per heavy atom. The zero-order chi connectivity index (χ0) is 25.1. The number of nitrogens with zero attached hydrogens (tertiary/aromatic N) is 1. The van der Waals surface area contributed by atoms with Crippen LogP contribution in [0.15, 0.2) is 48.5 Å². The van der Waals surface area contributed by atoms with Crippen LogP contribution in [0.5, 0.6) is 0 Å². The molecule has 0 bridgehead atoms. The quantitative estimate of drug-likeness (QED) is 0.405. The zero-order valence-corrected chi connectivity index (χ0v) is 20.5. The van der Waals surface area contributed by atoms with Gasteiger partial charge in [0, 0.05) is 5.92 Å². The third-order valence-corrected chi connectivity index (χ3v) is 6.83. The molecule has 0 aliphatic heterocycles. The van der Waals surface area contributed by atoms with E-state index >= 15 is 0 Å². The summed E-state index contributed by atoms with van der Waals surface area (Å²) < 4.78 is 9.60. The van der Waals surface area contributed by atoms with Gasteiger partial charge in [0.05, 0.1) is 5.69 Å². The molecule has 1 aliphatic carbocycles. The predicted octanol–water partition coefficient (Wildman–Crippen LogP) is 5.04. The van der Waals surface area contributed by atoms with Crippen molar-refractivity contribution in [2.75, 3.05) is 11.9 Å². The molecule has 182 valence electrons. The number of nitrogens with one attached hydrogen (secondary N) is 2. The van der Waals surface area contributed by atoms with E-state index in [9.17, 15) is 19.5 Å². The lowest BCUT2D eigenvalue weighted by Crippen LogP contribution is -2.45. The van der Waals surface area contributed by atoms with E-state index in [1.807, 2.05) is 50.2 Å². The van der Waals surface area contributed by atoms with E-state index in [2.05, 4.69) is 27.1 Å². The molecular weight excluding hydrogens is 466 g/mol. The van der Waals surface area contributed by atoms with Crippen LogP contribution >= 0.6 is 11.5 Å². The summed E-state index contributed by atoms with van der Waals surface area (Å²) in [7, 11) is 0.